The highest BCUT2D eigenvalue weighted by Crippen LogP contribution is 2.41. The van der Waals surface area contributed by atoms with Gasteiger partial charge in [-0.3, -0.25) is 0 Å². The molecule has 12 rings (SSSR count). The van der Waals surface area contributed by atoms with Crippen molar-refractivity contribution in [2.24, 2.45) is 0 Å². The van der Waals surface area contributed by atoms with Gasteiger partial charge in [0, 0.05) is 64.1 Å². The van der Waals surface area contributed by atoms with Gasteiger partial charge in [-0.15, -0.1) is 11.3 Å². The van der Waals surface area contributed by atoms with Crippen LogP contribution in [0.1, 0.15) is 0 Å². The van der Waals surface area contributed by atoms with Crippen molar-refractivity contribution in [1.29, 1.82) is 0 Å². The highest BCUT2D eigenvalue weighted by Gasteiger charge is 2.21. The Kier molecular flexibility index (Phi) is 7.03. The molecule has 0 atom stereocenters. The van der Waals surface area contributed by atoms with Crippen molar-refractivity contribution >= 4 is 75.1 Å². The average Bonchev–Trinajstić information content (AvgIpc) is 3.94. The van der Waals surface area contributed by atoms with Gasteiger partial charge in [-0.25, -0.2) is 15.0 Å². The number of rotatable bonds is 5. The van der Waals surface area contributed by atoms with Gasteiger partial charge in [-0.1, -0.05) is 115 Å². The Morgan fingerprint density at radius 3 is 1.61 bits per heavy atom. The Hall–Kier alpha value is -7.41. The predicted octanol–water partition coefficient (Wildman–Crippen LogP) is 13.4. The number of benzene rings is 8. The summed E-state index contributed by atoms with van der Waals surface area (Å²) < 4.78 is 7.35. The Labute approximate surface area is 331 Å². The molecule has 4 aromatic heterocycles. The lowest BCUT2D eigenvalue weighted by molar-refractivity contribution is 1.07. The SMILES string of the molecule is c1ccc(-c2nc(-c3ccc4sc5ccccc5c4c3)nc(-c3ccc4c(c3)c3ccccc3n4-c3cccc4c5ccccc5n(-c5ccccc5)c34)n2)cc1. The second kappa shape index (κ2) is 12.6. The largest absolute Gasteiger partial charge is 0.307 e. The van der Waals surface area contributed by atoms with Gasteiger partial charge in [0.05, 0.1) is 27.8 Å². The molecule has 0 fully saturated rings. The van der Waals surface area contributed by atoms with Crippen LogP contribution in [0.4, 0.5) is 0 Å². The summed E-state index contributed by atoms with van der Waals surface area (Å²) in [6.07, 6.45) is 0. The van der Waals surface area contributed by atoms with Crippen molar-refractivity contribution < 1.29 is 0 Å². The van der Waals surface area contributed by atoms with E-state index >= 15 is 0 Å². The normalized spacial score (nSPS) is 11.9. The third-order valence-electron chi connectivity index (χ3n) is 11.2. The Morgan fingerprint density at radius 2 is 0.860 bits per heavy atom. The molecule has 266 valence electrons. The van der Waals surface area contributed by atoms with Crippen LogP contribution in [-0.2, 0) is 0 Å². The fourth-order valence-electron chi connectivity index (χ4n) is 8.61. The van der Waals surface area contributed by atoms with E-state index in [4.69, 9.17) is 15.0 Å². The maximum atomic E-state index is 5.20. The first kappa shape index (κ1) is 31.9. The average molecular weight is 746 g/mol. The van der Waals surface area contributed by atoms with E-state index in [1.165, 1.54) is 47.4 Å². The summed E-state index contributed by atoms with van der Waals surface area (Å²) >= 11 is 1.81. The highest BCUT2D eigenvalue weighted by atomic mass is 32.1. The van der Waals surface area contributed by atoms with E-state index in [1.54, 1.807) is 0 Å². The molecule has 4 heterocycles. The summed E-state index contributed by atoms with van der Waals surface area (Å²) in [5.74, 6) is 1.94. The minimum atomic E-state index is 0.638. The number of para-hydroxylation sites is 4. The molecular formula is C51H31N5S. The second-order valence-electron chi connectivity index (χ2n) is 14.4. The molecule has 12 aromatic rings. The van der Waals surface area contributed by atoms with Gasteiger partial charge in [0.25, 0.3) is 0 Å². The molecule has 0 aliphatic heterocycles. The van der Waals surface area contributed by atoms with Gasteiger partial charge < -0.3 is 9.13 Å². The summed E-state index contributed by atoms with van der Waals surface area (Å²) in [4.78, 5) is 15.4. The van der Waals surface area contributed by atoms with E-state index in [9.17, 15) is 0 Å². The topological polar surface area (TPSA) is 48.5 Å². The molecular weight excluding hydrogens is 715 g/mol. The van der Waals surface area contributed by atoms with E-state index in [0.29, 0.717) is 17.5 Å². The predicted molar refractivity (Wildman–Crippen MR) is 238 cm³/mol. The zero-order valence-corrected chi connectivity index (χ0v) is 31.4. The van der Waals surface area contributed by atoms with Crippen LogP contribution in [0.3, 0.4) is 0 Å². The number of nitrogens with zero attached hydrogens (tertiary/aromatic N) is 5. The van der Waals surface area contributed by atoms with Crippen LogP contribution in [0.25, 0.3) is 109 Å². The quantitative estimate of drug-likeness (QED) is 0.176. The highest BCUT2D eigenvalue weighted by molar-refractivity contribution is 7.25. The summed E-state index contributed by atoms with van der Waals surface area (Å²) in [7, 11) is 0. The fraction of sp³-hybridized carbons (Fsp3) is 0. The zero-order chi connectivity index (χ0) is 37.5. The lowest BCUT2D eigenvalue weighted by Crippen LogP contribution is -2.01. The second-order valence-corrected chi connectivity index (χ2v) is 15.5. The van der Waals surface area contributed by atoms with E-state index < -0.39 is 0 Å². The first-order valence-corrected chi connectivity index (χ1v) is 19.9. The summed E-state index contributed by atoms with van der Waals surface area (Å²) in [6.45, 7) is 0. The Balaban J connectivity index is 1.09. The van der Waals surface area contributed by atoms with Gasteiger partial charge in [0.15, 0.2) is 17.5 Å². The van der Waals surface area contributed by atoms with Gasteiger partial charge in [0.2, 0.25) is 0 Å². The molecule has 0 aliphatic rings. The molecule has 0 aliphatic carbocycles. The molecule has 0 saturated carbocycles. The van der Waals surface area contributed by atoms with Crippen molar-refractivity contribution in [3.8, 4) is 45.5 Å². The Morgan fingerprint density at radius 1 is 0.333 bits per heavy atom. The number of hydrogen-bond donors (Lipinski definition) is 0. The van der Waals surface area contributed by atoms with E-state index in [1.807, 2.05) is 29.5 Å². The number of thiophene rings is 1. The lowest BCUT2D eigenvalue weighted by Gasteiger charge is -2.14. The number of aromatic nitrogens is 5. The van der Waals surface area contributed by atoms with Crippen LogP contribution in [-0.4, -0.2) is 24.1 Å². The zero-order valence-electron chi connectivity index (χ0n) is 30.5. The van der Waals surface area contributed by atoms with Gasteiger partial charge in [-0.05, 0) is 72.8 Å². The molecule has 0 amide bonds. The van der Waals surface area contributed by atoms with E-state index in [2.05, 4.69) is 179 Å². The molecule has 0 N–H and O–H groups in total. The maximum Gasteiger partial charge on any atom is 0.164 e. The minimum absolute atomic E-state index is 0.638. The minimum Gasteiger partial charge on any atom is -0.307 e. The van der Waals surface area contributed by atoms with Gasteiger partial charge >= 0.3 is 0 Å². The van der Waals surface area contributed by atoms with Gasteiger partial charge in [0.1, 0.15) is 0 Å². The molecule has 0 saturated heterocycles. The van der Waals surface area contributed by atoms with E-state index in [-0.39, 0.29) is 0 Å². The van der Waals surface area contributed by atoms with Crippen LogP contribution >= 0.6 is 11.3 Å². The molecule has 0 spiro atoms. The maximum absolute atomic E-state index is 5.20. The molecule has 6 heteroatoms. The first-order valence-electron chi connectivity index (χ1n) is 19.1. The fourth-order valence-corrected chi connectivity index (χ4v) is 9.70. The number of hydrogen-bond acceptors (Lipinski definition) is 4. The van der Waals surface area contributed by atoms with Crippen LogP contribution in [0.5, 0.6) is 0 Å². The van der Waals surface area contributed by atoms with Crippen LogP contribution < -0.4 is 0 Å². The van der Waals surface area contributed by atoms with Crippen molar-refractivity contribution in [2.75, 3.05) is 0 Å². The molecule has 0 radical (unpaired) electrons. The Bertz CT molecular complexity index is 3520. The lowest BCUT2D eigenvalue weighted by atomic mass is 10.1. The monoisotopic (exact) mass is 745 g/mol. The summed E-state index contributed by atoms with van der Waals surface area (Å²) in [5.41, 5.74) is 9.70. The standard InChI is InChI=1S/C51H31N5S/c1-3-14-32(15-4-1)49-52-50(54-51(53-49)34-27-29-47-41(31-34)38-20-9-12-25-46(38)57-47)33-26-28-44-40(30-33)37-19-8-11-23-43(37)56(44)45-24-13-21-39-36-18-7-10-22-42(36)55(48(39)45)35-16-5-2-6-17-35/h1-31H. The van der Waals surface area contributed by atoms with Crippen molar-refractivity contribution in [3.05, 3.63) is 188 Å². The number of fused-ring (bicyclic) bond motifs is 9. The van der Waals surface area contributed by atoms with Crippen LogP contribution in [0, 0.1) is 0 Å². The third-order valence-corrected chi connectivity index (χ3v) is 12.3. The first-order chi connectivity index (χ1) is 28.3. The third kappa shape index (κ3) is 4.98. The summed E-state index contributed by atoms with van der Waals surface area (Å²) in [6, 6.07) is 66.7. The van der Waals surface area contributed by atoms with Crippen molar-refractivity contribution in [3.63, 3.8) is 0 Å². The smallest absolute Gasteiger partial charge is 0.164 e. The van der Waals surface area contributed by atoms with Crippen LogP contribution in [0.15, 0.2) is 188 Å². The molecule has 5 nitrogen and oxygen atoms in total. The molecule has 0 unspecified atom stereocenters. The molecule has 0 bridgehead atoms. The molecule has 8 aromatic carbocycles. The van der Waals surface area contributed by atoms with Crippen molar-refractivity contribution in [2.45, 2.75) is 0 Å². The molecule has 57 heavy (non-hydrogen) atoms. The van der Waals surface area contributed by atoms with Gasteiger partial charge in [-0.2, -0.15) is 0 Å². The van der Waals surface area contributed by atoms with Crippen molar-refractivity contribution in [1.82, 2.24) is 24.1 Å². The summed E-state index contributed by atoms with van der Waals surface area (Å²) in [5, 5.41) is 7.21. The van der Waals surface area contributed by atoms with Crippen LogP contribution in [0.2, 0.25) is 0 Å². The van der Waals surface area contributed by atoms with E-state index in [0.717, 1.165) is 44.5 Å².